The minimum absolute atomic E-state index is 0.119. The van der Waals surface area contributed by atoms with E-state index in [9.17, 15) is 14.4 Å². The highest BCUT2D eigenvalue weighted by molar-refractivity contribution is 5.71. The third kappa shape index (κ3) is 52.9. The van der Waals surface area contributed by atoms with Gasteiger partial charge >= 0.3 is 17.9 Å². The lowest BCUT2D eigenvalue weighted by Crippen LogP contribution is -2.30. The molecule has 0 aromatic carbocycles. The van der Waals surface area contributed by atoms with E-state index in [4.69, 9.17) is 14.2 Å². The highest BCUT2D eigenvalue weighted by Crippen LogP contribution is 2.13. The average Bonchev–Trinajstić information content (AvgIpc) is 3.33. The summed E-state index contributed by atoms with van der Waals surface area (Å²) in [4.78, 5) is 38.0. The van der Waals surface area contributed by atoms with Crippen molar-refractivity contribution >= 4 is 17.9 Å². The summed E-state index contributed by atoms with van der Waals surface area (Å²) < 4.78 is 16.7. The molecule has 0 aromatic rings. The first-order valence-electron chi connectivity index (χ1n) is 27.4. The molecule has 0 bridgehead atoms. The zero-order valence-corrected chi connectivity index (χ0v) is 43.4. The largest absolute Gasteiger partial charge is 0.462 e. The molecule has 0 amide bonds. The lowest BCUT2D eigenvalue weighted by molar-refractivity contribution is -0.166. The molecular formula is C61H100O6. The van der Waals surface area contributed by atoms with E-state index in [1.165, 1.54) is 77.0 Å². The van der Waals surface area contributed by atoms with Crippen molar-refractivity contribution in [2.24, 2.45) is 0 Å². The molecular weight excluding hydrogens is 829 g/mol. The lowest BCUT2D eigenvalue weighted by Gasteiger charge is -2.18. The Morgan fingerprint density at radius 1 is 0.313 bits per heavy atom. The van der Waals surface area contributed by atoms with Gasteiger partial charge in [0.05, 0.1) is 0 Å². The predicted octanol–water partition coefficient (Wildman–Crippen LogP) is 18.3. The van der Waals surface area contributed by atoms with Crippen molar-refractivity contribution in [3.63, 3.8) is 0 Å². The molecule has 0 spiro atoms. The number of esters is 3. The summed E-state index contributed by atoms with van der Waals surface area (Å²) in [5.41, 5.74) is 0. The molecule has 0 aliphatic rings. The maximum atomic E-state index is 12.8. The second-order valence-electron chi connectivity index (χ2n) is 17.7. The summed E-state index contributed by atoms with van der Waals surface area (Å²) in [5.74, 6) is -1.03. The molecule has 6 nitrogen and oxygen atoms in total. The zero-order valence-electron chi connectivity index (χ0n) is 43.4. The number of rotatable bonds is 48. The Bertz CT molecular complexity index is 1390. The molecule has 6 heteroatoms. The van der Waals surface area contributed by atoms with E-state index < -0.39 is 12.1 Å². The maximum Gasteiger partial charge on any atom is 0.306 e. The Kier molecular flexibility index (Phi) is 51.5. The van der Waals surface area contributed by atoms with Gasteiger partial charge in [-0.25, -0.2) is 0 Å². The van der Waals surface area contributed by atoms with Crippen LogP contribution in [0.15, 0.2) is 109 Å². The van der Waals surface area contributed by atoms with Gasteiger partial charge in [0.2, 0.25) is 0 Å². The van der Waals surface area contributed by atoms with Gasteiger partial charge in [-0.05, 0) is 116 Å². The van der Waals surface area contributed by atoms with Crippen LogP contribution in [0.25, 0.3) is 0 Å². The molecule has 0 N–H and O–H groups in total. The van der Waals surface area contributed by atoms with Crippen molar-refractivity contribution in [1.29, 1.82) is 0 Å². The van der Waals surface area contributed by atoms with Crippen LogP contribution in [0, 0.1) is 0 Å². The average molecular weight is 929 g/mol. The van der Waals surface area contributed by atoms with E-state index in [2.05, 4.69) is 118 Å². The van der Waals surface area contributed by atoms with Crippen LogP contribution >= 0.6 is 0 Å². The first-order valence-corrected chi connectivity index (χ1v) is 27.4. The smallest absolute Gasteiger partial charge is 0.306 e. The summed E-state index contributed by atoms with van der Waals surface area (Å²) in [5, 5.41) is 0. The van der Waals surface area contributed by atoms with Crippen molar-refractivity contribution in [3.8, 4) is 0 Å². The van der Waals surface area contributed by atoms with Crippen LogP contribution in [0.5, 0.6) is 0 Å². The van der Waals surface area contributed by atoms with Gasteiger partial charge in [0, 0.05) is 19.3 Å². The molecule has 0 aromatic heterocycles. The van der Waals surface area contributed by atoms with E-state index >= 15 is 0 Å². The normalized spacial score (nSPS) is 12.9. The first-order chi connectivity index (χ1) is 33.0. The van der Waals surface area contributed by atoms with Gasteiger partial charge in [-0.1, -0.05) is 214 Å². The second kappa shape index (κ2) is 54.7. The van der Waals surface area contributed by atoms with Crippen LogP contribution in [0.4, 0.5) is 0 Å². The van der Waals surface area contributed by atoms with Crippen molar-refractivity contribution in [2.75, 3.05) is 13.2 Å². The Morgan fingerprint density at radius 3 is 1.01 bits per heavy atom. The topological polar surface area (TPSA) is 78.9 Å². The predicted molar refractivity (Wildman–Crippen MR) is 288 cm³/mol. The van der Waals surface area contributed by atoms with Gasteiger partial charge in [-0.15, -0.1) is 0 Å². The number of carbonyl (C=O) groups is 3. The molecule has 0 unspecified atom stereocenters. The SMILES string of the molecule is CC/C=C\C/C=C\C/C=C\CCCCCCCC(=O)OC[C@H](COC(=O)CCCCCCC/C=C\CCCCCCCC)OC(=O)CC/C=C\C/C=C\C/C=C\C/C=C\C/C=C\CCCCC. The number of ether oxygens (including phenoxy) is 3. The Labute approximate surface area is 412 Å². The van der Waals surface area contributed by atoms with Crippen LogP contribution in [-0.2, 0) is 28.6 Å². The van der Waals surface area contributed by atoms with Gasteiger partial charge < -0.3 is 14.2 Å². The van der Waals surface area contributed by atoms with Crippen molar-refractivity contribution in [1.82, 2.24) is 0 Å². The Morgan fingerprint density at radius 2 is 0.612 bits per heavy atom. The quantitative estimate of drug-likeness (QED) is 0.0262. The third-order valence-electron chi connectivity index (χ3n) is 11.2. The third-order valence-corrected chi connectivity index (χ3v) is 11.2. The molecule has 0 heterocycles. The van der Waals surface area contributed by atoms with Gasteiger partial charge in [0.25, 0.3) is 0 Å². The second-order valence-corrected chi connectivity index (χ2v) is 17.7. The fourth-order valence-electron chi connectivity index (χ4n) is 7.14. The summed E-state index contributed by atoms with van der Waals surface area (Å²) >= 11 is 0. The van der Waals surface area contributed by atoms with E-state index in [-0.39, 0.29) is 31.6 Å². The number of allylic oxidation sites excluding steroid dienone is 18. The number of carbonyl (C=O) groups excluding carboxylic acids is 3. The molecule has 0 radical (unpaired) electrons. The lowest BCUT2D eigenvalue weighted by atomic mass is 10.1. The van der Waals surface area contributed by atoms with E-state index in [0.717, 1.165) is 116 Å². The molecule has 0 aliphatic carbocycles. The standard InChI is InChI=1S/C61H100O6/c1-4-7-10-13-16-19-22-25-28-29-30-31-34-37-40-43-46-49-52-55-61(64)67-58(56-65-59(62)53-50-47-44-41-38-35-32-26-23-20-17-14-11-8-5-2)57-66-60(63)54-51-48-45-42-39-36-33-27-24-21-18-15-12-9-6-3/h8,11,16-17,19-20,25-28,30-33,37,40,46,49,58H,4-7,9-10,12-15,18,21-24,29,34-36,38-39,41-45,47-48,50-57H2,1-3H3/b11-8-,19-16-,20-17-,28-25-,31-30-,32-26-,33-27-,40-37-,49-46-/t58-/m1/s1. The number of unbranched alkanes of at least 4 members (excludes halogenated alkanes) is 19. The van der Waals surface area contributed by atoms with E-state index in [0.29, 0.717) is 19.3 Å². The summed E-state index contributed by atoms with van der Waals surface area (Å²) in [6, 6.07) is 0. The van der Waals surface area contributed by atoms with Gasteiger partial charge in [-0.3, -0.25) is 14.4 Å². The summed E-state index contributed by atoms with van der Waals surface area (Å²) in [7, 11) is 0. The highest BCUT2D eigenvalue weighted by Gasteiger charge is 2.19. The van der Waals surface area contributed by atoms with Crippen molar-refractivity contribution in [2.45, 2.75) is 245 Å². The maximum absolute atomic E-state index is 12.8. The fraction of sp³-hybridized carbons (Fsp3) is 0.656. The minimum Gasteiger partial charge on any atom is -0.462 e. The van der Waals surface area contributed by atoms with Crippen molar-refractivity contribution in [3.05, 3.63) is 109 Å². The minimum atomic E-state index is -0.830. The van der Waals surface area contributed by atoms with Crippen LogP contribution in [0.3, 0.4) is 0 Å². The van der Waals surface area contributed by atoms with Gasteiger partial charge in [0.15, 0.2) is 6.10 Å². The number of hydrogen-bond acceptors (Lipinski definition) is 6. The van der Waals surface area contributed by atoms with Crippen LogP contribution in [-0.4, -0.2) is 37.2 Å². The van der Waals surface area contributed by atoms with E-state index in [1.807, 2.05) is 12.2 Å². The van der Waals surface area contributed by atoms with Crippen LogP contribution < -0.4 is 0 Å². The van der Waals surface area contributed by atoms with Crippen molar-refractivity contribution < 1.29 is 28.6 Å². The zero-order chi connectivity index (χ0) is 48.6. The Balaban J connectivity index is 4.56. The molecule has 0 saturated heterocycles. The van der Waals surface area contributed by atoms with Gasteiger partial charge in [-0.2, -0.15) is 0 Å². The fourth-order valence-corrected chi connectivity index (χ4v) is 7.14. The highest BCUT2D eigenvalue weighted by atomic mass is 16.6. The molecule has 0 rings (SSSR count). The van der Waals surface area contributed by atoms with E-state index in [1.54, 1.807) is 0 Å². The Hall–Kier alpha value is -3.93. The van der Waals surface area contributed by atoms with Crippen LogP contribution in [0.1, 0.15) is 239 Å². The molecule has 0 fully saturated rings. The van der Waals surface area contributed by atoms with Crippen LogP contribution in [0.2, 0.25) is 0 Å². The molecule has 67 heavy (non-hydrogen) atoms. The first kappa shape index (κ1) is 63.1. The van der Waals surface area contributed by atoms with Gasteiger partial charge in [0.1, 0.15) is 13.2 Å². The monoisotopic (exact) mass is 929 g/mol. The summed E-state index contributed by atoms with van der Waals surface area (Å²) in [6.45, 7) is 6.40. The molecule has 380 valence electrons. The summed E-state index contributed by atoms with van der Waals surface area (Å²) in [6.07, 6.45) is 73.7. The number of hydrogen-bond donors (Lipinski definition) is 0. The molecule has 0 saturated carbocycles. The molecule has 0 aliphatic heterocycles. The molecule has 1 atom stereocenters.